The summed E-state index contributed by atoms with van der Waals surface area (Å²) in [5.74, 6) is -0.643. The van der Waals surface area contributed by atoms with Gasteiger partial charge >= 0.3 is 12.1 Å². The number of hydrogen-bond acceptors (Lipinski definition) is 5. The van der Waals surface area contributed by atoms with Crippen molar-refractivity contribution in [3.63, 3.8) is 0 Å². The molecule has 0 saturated carbocycles. The van der Waals surface area contributed by atoms with Crippen molar-refractivity contribution in [2.75, 3.05) is 11.9 Å². The molecule has 0 aliphatic heterocycles. The number of anilines is 1. The van der Waals surface area contributed by atoms with Gasteiger partial charge in [-0.25, -0.2) is 4.98 Å². The Balaban J connectivity index is 1.64. The van der Waals surface area contributed by atoms with Gasteiger partial charge in [-0.3, -0.25) is 9.59 Å². The summed E-state index contributed by atoms with van der Waals surface area (Å²) in [5.41, 5.74) is 2.20. The van der Waals surface area contributed by atoms with E-state index in [1.54, 1.807) is 39.0 Å². The summed E-state index contributed by atoms with van der Waals surface area (Å²) in [6.07, 6.45) is -0.524. The quantitative estimate of drug-likeness (QED) is 0.281. The van der Waals surface area contributed by atoms with Crippen molar-refractivity contribution in [2.24, 2.45) is 0 Å². The summed E-state index contributed by atoms with van der Waals surface area (Å²) in [6.45, 7) is 9.46. The van der Waals surface area contributed by atoms with E-state index in [1.165, 1.54) is 4.57 Å². The maximum absolute atomic E-state index is 12.9. The fraction of sp³-hybridized carbons (Fsp3) is 0.414. The molecule has 2 N–H and O–H groups in total. The third-order valence-corrected chi connectivity index (χ3v) is 5.88. The summed E-state index contributed by atoms with van der Waals surface area (Å²) < 4.78 is 45.4. The van der Waals surface area contributed by atoms with Crippen LogP contribution < -0.4 is 10.6 Å². The second kappa shape index (κ2) is 12.4. The van der Waals surface area contributed by atoms with E-state index < -0.39 is 17.5 Å². The first kappa shape index (κ1) is 29.7. The maximum Gasteiger partial charge on any atom is 0.434 e. The van der Waals surface area contributed by atoms with E-state index in [0.717, 1.165) is 42.2 Å². The SMILES string of the molecule is CCCC(Nc1ccc(-n2cnc(C(F)(F)F)c2)c(C)c1)c1ccc(C(=O)NCCC(=O)OC(C)(C)C)cc1. The first-order chi connectivity index (χ1) is 18.3. The smallest absolute Gasteiger partial charge is 0.434 e. The van der Waals surface area contributed by atoms with Gasteiger partial charge < -0.3 is 19.9 Å². The van der Waals surface area contributed by atoms with Crippen LogP contribution in [0.25, 0.3) is 5.69 Å². The molecule has 2 aromatic carbocycles. The van der Waals surface area contributed by atoms with Gasteiger partial charge in [-0.05, 0) is 75.6 Å². The largest absolute Gasteiger partial charge is 0.460 e. The first-order valence-corrected chi connectivity index (χ1v) is 12.9. The van der Waals surface area contributed by atoms with Crippen molar-refractivity contribution >= 4 is 17.6 Å². The van der Waals surface area contributed by atoms with Gasteiger partial charge in [0.15, 0.2) is 5.69 Å². The Bertz CT molecular complexity index is 1280. The van der Waals surface area contributed by atoms with Crippen LogP contribution in [0.2, 0.25) is 0 Å². The van der Waals surface area contributed by atoms with Crippen molar-refractivity contribution in [3.05, 3.63) is 77.4 Å². The molecular formula is C29H35F3N4O3. The average Bonchev–Trinajstić information content (AvgIpc) is 3.33. The van der Waals surface area contributed by atoms with E-state index in [1.807, 2.05) is 31.2 Å². The number of carbonyl (C=O) groups excluding carboxylic acids is 2. The van der Waals surface area contributed by atoms with E-state index >= 15 is 0 Å². The molecule has 0 radical (unpaired) electrons. The second-order valence-corrected chi connectivity index (χ2v) is 10.4. The number of nitrogens with one attached hydrogen (secondary N) is 2. The molecule has 1 aromatic heterocycles. The number of benzene rings is 2. The lowest BCUT2D eigenvalue weighted by atomic mass is 10.00. The van der Waals surface area contributed by atoms with Crippen molar-refractivity contribution < 1.29 is 27.5 Å². The van der Waals surface area contributed by atoms with Gasteiger partial charge in [0.05, 0.1) is 18.8 Å². The summed E-state index contributed by atoms with van der Waals surface area (Å²) in [7, 11) is 0. The van der Waals surface area contributed by atoms with Crippen molar-refractivity contribution in [2.45, 2.75) is 71.7 Å². The number of halogens is 3. The molecule has 10 heteroatoms. The van der Waals surface area contributed by atoms with Crippen molar-refractivity contribution in [3.8, 4) is 5.69 Å². The molecule has 210 valence electrons. The molecule has 3 aromatic rings. The van der Waals surface area contributed by atoms with Gasteiger partial charge in [0, 0.05) is 29.7 Å². The van der Waals surface area contributed by atoms with E-state index in [9.17, 15) is 22.8 Å². The number of ether oxygens (including phenoxy) is 1. The number of esters is 1. The predicted octanol–water partition coefficient (Wildman–Crippen LogP) is 6.61. The fourth-order valence-corrected chi connectivity index (χ4v) is 4.09. The minimum Gasteiger partial charge on any atom is -0.460 e. The summed E-state index contributed by atoms with van der Waals surface area (Å²) >= 11 is 0. The Kier molecular flexibility index (Phi) is 9.42. The number of rotatable bonds is 10. The van der Waals surface area contributed by atoms with Crippen LogP contribution in [-0.4, -0.2) is 33.6 Å². The van der Waals surface area contributed by atoms with Crippen LogP contribution in [0.15, 0.2) is 55.0 Å². The molecule has 7 nitrogen and oxygen atoms in total. The van der Waals surface area contributed by atoms with Crippen LogP contribution in [0.5, 0.6) is 0 Å². The lowest BCUT2D eigenvalue weighted by Crippen LogP contribution is -2.29. The molecule has 3 rings (SSSR count). The number of carbonyl (C=O) groups is 2. The van der Waals surface area contributed by atoms with Gasteiger partial charge in [-0.15, -0.1) is 0 Å². The molecule has 1 atom stereocenters. The number of imidazole rings is 1. The Hall–Kier alpha value is -3.82. The number of hydrogen-bond donors (Lipinski definition) is 2. The third-order valence-electron chi connectivity index (χ3n) is 5.88. The van der Waals surface area contributed by atoms with E-state index in [2.05, 4.69) is 22.5 Å². The van der Waals surface area contributed by atoms with Crippen LogP contribution in [0.4, 0.5) is 18.9 Å². The Morgan fingerprint density at radius 1 is 1.08 bits per heavy atom. The molecule has 0 spiro atoms. The molecule has 0 aliphatic carbocycles. The summed E-state index contributed by atoms with van der Waals surface area (Å²) in [6, 6.07) is 12.7. The van der Waals surface area contributed by atoms with Crippen LogP contribution in [-0.2, 0) is 15.7 Å². The number of nitrogens with zero attached hydrogens (tertiary/aromatic N) is 2. The highest BCUT2D eigenvalue weighted by Crippen LogP contribution is 2.30. The number of amides is 1. The third kappa shape index (κ3) is 8.59. The van der Waals surface area contributed by atoms with Gasteiger partial charge in [-0.1, -0.05) is 25.5 Å². The lowest BCUT2D eigenvalue weighted by Gasteiger charge is -2.21. The highest BCUT2D eigenvalue weighted by atomic mass is 19.4. The molecule has 0 aliphatic rings. The Labute approximate surface area is 226 Å². The number of aromatic nitrogens is 2. The molecule has 1 heterocycles. The lowest BCUT2D eigenvalue weighted by molar-refractivity contribution is -0.154. The maximum atomic E-state index is 12.9. The standard InChI is InChI=1S/C29H35F3N4O3/c1-6-7-23(20-8-10-21(11-9-20)27(38)33-15-14-26(37)39-28(3,4)5)35-22-12-13-24(19(2)16-22)36-17-25(34-18-36)29(30,31)32/h8-13,16-18,23,35H,6-7,14-15H2,1-5H3,(H,33,38). The highest BCUT2D eigenvalue weighted by molar-refractivity contribution is 5.94. The topological polar surface area (TPSA) is 85.3 Å². The van der Waals surface area contributed by atoms with Gasteiger partial charge in [0.25, 0.3) is 5.91 Å². The minimum atomic E-state index is -4.50. The van der Waals surface area contributed by atoms with Crippen molar-refractivity contribution in [1.29, 1.82) is 0 Å². The van der Waals surface area contributed by atoms with Gasteiger partial charge in [-0.2, -0.15) is 13.2 Å². The van der Waals surface area contributed by atoms with Crippen molar-refractivity contribution in [1.82, 2.24) is 14.9 Å². The normalized spacial score (nSPS) is 12.6. The predicted molar refractivity (Wildman–Crippen MR) is 144 cm³/mol. The van der Waals surface area contributed by atoms with E-state index in [-0.39, 0.29) is 30.9 Å². The van der Waals surface area contributed by atoms with Crippen LogP contribution in [0, 0.1) is 6.92 Å². The Morgan fingerprint density at radius 3 is 2.33 bits per heavy atom. The van der Waals surface area contributed by atoms with E-state index in [4.69, 9.17) is 4.74 Å². The molecule has 0 saturated heterocycles. The fourth-order valence-electron chi connectivity index (χ4n) is 4.09. The zero-order chi connectivity index (χ0) is 28.8. The molecule has 39 heavy (non-hydrogen) atoms. The van der Waals surface area contributed by atoms with Crippen LogP contribution in [0.1, 0.15) is 80.2 Å². The van der Waals surface area contributed by atoms with Crippen LogP contribution >= 0.6 is 0 Å². The average molecular weight is 545 g/mol. The van der Waals surface area contributed by atoms with Gasteiger partial charge in [0.1, 0.15) is 5.60 Å². The molecular weight excluding hydrogens is 509 g/mol. The van der Waals surface area contributed by atoms with Gasteiger partial charge in [0.2, 0.25) is 0 Å². The van der Waals surface area contributed by atoms with E-state index in [0.29, 0.717) is 11.3 Å². The molecule has 0 bridgehead atoms. The summed E-state index contributed by atoms with van der Waals surface area (Å²) in [4.78, 5) is 27.8. The number of aryl methyl sites for hydroxylation is 1. The zero-order valence-corrected chi connectivity index (χ0v) is 22.9. The monoisotopic (exact) mass is 544 g/mol. The zero-order valence-electron chi connectivity index (χ0n) is 22.9. The Morgan fingerprint density at radius 2 is 1.77 bits per heavy atom. The molecule has 0 fully saturated rings. The first-order valence-electron chi connectivity index (χ1n) is 12.9. The highest BCUT2D eigenvalue weighted by Gasteiger charge is 2.33. The summed E-state index contributed by atoms with van der Waals surface area (Å²) in [5, 5.41) is 6.24. The second-order valence-electron chi connectivity index (χ2n) is 10.4. The minimum absolute atomic E-state index is 0.0328. The molecule has 1 amide bonds. The molecule has 1 unspecified atom stereocenters. The number of alkyl halides is 3. The van der Waals surface area contributed by atoms with Crippen LogP contribution in [0.3, 0.4) is 0 Å².